The predicted molar refractivity (Wildman–Crippen MR) is 82.8 cm³/mol. The second-order valence-corrected chi connectivity index (χ2v) is 6.69. The van der Waals surface area contributed by atoms with Crippen molar-refractivity contribution in [2.75, 3.05) is 6.54 Å². The third-order valence-electron chi connectivity index (χ3n) is 3.63. The smallest absolute Gasteiger partial charge is 0.164 e. The molecule has 0 aliphatic rings. The fourth-order valence-electron chi connectivity index (χ4n) is 2.31. The van der Waals surface area contributed by atoms with E-state index in [-0.39, 0.29) is 11.2 Å². The molecule has 2 N–H and O–H groups in total. The van der Waals surface area contributed by atoms with Crippen LogP contribution in [-0.4, -0.2) is 12.3 Å². The third kappa shape index (κ3) is 3.43. The van der Waals surface area contributed by atoms with E-state index in [1.165, 1.54) is 0 Å². The van der Waals surface area contributed by atoms with Gasteiger partial charge in [-0.15, -0.1) is 11.3 Å². The zero-order valence-corrected chi connectivity index (χ0v) is 12.4. The standard InChI is InChI=1S/C16H21NOS/c1-16(2,9-10-17)8-6-14(18)13-5-3-4-12-7-11-19-15(12)13/h3-5,7,11H,6,8-10,17H2,1-2H3. The molecule has 0 aliphatic heterocycles. The predicted octanol–water partition coefficient (Wildman–Crippen LogP) is 4.24. The highest BCUT2D eigenvalue weighted by atomic mass is 32.1. The highest BCUT2D eigenvalue weighted by molar-refractivity contribution is 7.17. The van der Waals surface area contributed by atoms with Crippen LogP contribution in [0.3, 0.4) is 0 Å². The van der Waals surface area contributed by atoms with E-state index in [4.69, 9.17) is 5.73 Å². The monoisotopic (exact) mass is 275 g/mol. The first-order valence-corrected chi connectivity index (χ1v) is 7.61. The van der Waals surface area contributed by atoms with Gasteiger partial charge >= 0.3 is 0 Å². The first-order chi connectivity index (χ1) is 9.03. The average molecular weight is 275 g/mol. The van der Waals surface area contributed by atoms with Crippen molar-refractivity contribution in [2.24, 2.45) is 11.1 Å². The molecule has 0 amide bonds. The SMILES string of the molecule is CC(C)(CCN)CCC(=O)c1cccc2ccsc12. The van der Waals surface area contributed by atoms with Gasteiger partial charge in [0, 0.05) is 16.7 Å². The molecule has 0 radical (unpaired) electrons. The molecule has 1 aromatic carbocycles. The maximum atomic E-state index is 12.4. The van der Waals surface area contributed by atoms with Crippen molar-refractivity contribution in [1.82, 2.24) is 0 Å². The molecule has 0 saturated heterocycles. The maximum Gasteiger partial charge on any atom is 0.164 e. The number of fused-ring (bicyclic) bond motifs is 1. The lowest BCUT2D eigenvalue weighted by molar-refractivity contribution is 0.0963. The average Bonchev–Trinajstić information content (AvgIpc) is 2.84. The summed E-state index contributed by atoms with van der Waals surface area (Å²) in [5.41, 5.74) is 6.63. The summed E-state index contributed by atoms with van der Waals surface area (Å²) in [6.45, 7) is 5.04. The lowest BCUT2D eigenvalue weighted by atomic mass is 9.83. The van der Waals surface area contributed by atoms with E-state index >= 15 is 0 Å². The van der Waals surface area contributed by atoms with Crippen molar-refractivity contribution in [3.63, 3.8) is 0 Å². The molecule has 102 valence electrons. The van der Waals surface area contributed by atoms with Crippen LogP contribution in [0, 0.1) is 5.41 Å². The number of rotatable bonds is 6. The van der Waals surface area contributed by atoms with Gasteiger partial charge in [-0.25, -0.2) is 0 Å². The Morgan fingerprint density at radius 1 is 1.26 bits per heavy atom. The number of carbonyl (C=O) groups excluding carboxylic acids is 1. The Labute approximate surface area is 118 Å². The first kappa shape index (κ1) is 14.2. The number of nitrogens with two attached hydrogens (primary N) is 1. The second-order valence-electron chi connectivity index (χ2n) is 5.77. The van der Waals surface area contributed by atoms with E-state index in [0.717, 1.165) is 28.5 Å². The molecule has 0 atom stereocenters. The molecule has 0 aliphatic carbocycles. The molecule has 0 unspecified atom stereocenters. The van der Waals surface area contributed by atoms with Gasteiger partial charge in [-0.3, -0.25) is 4.79 Å². The number of carbonyl (C=O) groups is 1. The molecular formula is C16H21NOS. The molecule has 19 heavy (non-hydrogen) atoms. The van der Waals surface area contributed by atoms with Crippen molar-refractivity contribution in [3.8, 4) is 0 Å². The van der Waals surface area contributed by atoms with Crippen LogP contribution < -0.4 is 5.73 Å². The number of Topliss-reactive ketones (excluding diaryl/α,β-unsaturated/α-hetero) is 1. The van der Waals surface area contributed by atoms with Crippen LogP contribution in [0.15, 0.2) is 29.6 Å². The van der Waals surface area contributed by atoms with Crippen LogP contribution >= 0.6 is 11.3 Å². The molecule has 2 rings (SSSR count). The van der Waals surface area contributed by atoms with Gasteiger partial charge in [-0.05, 0) is 47.7 Å². The molecule has 1 heterocycles. The van der Waals surface area contributed by atoms with E-state index in [1.807, 2.05) is 17.5 Å². The molecule has 0 bridgehead atoms. The minimum atomic E-state index is 0.147. The van der Waals surface area contributed by atoms with E-state index in [0.29, 0.717) is 13.0 Å². The van der Waals surface area contributed by atoms with Crippen LogP contribution in [-0.2, 0) is 0 Å². The summed E-state index contributed by atoms with van der Waals surface area (Å²) in [5.74, 6) is 0.248. The van der Waals surface area contributed by atoms with Gasteiger partial charge in [0.2, 0.25) is 0 Å². The van der Waals surface area contributed by atoms with Gasteiger partial charge in [-0.2, -0.15) is 0 Å². The van der Waals surface area contributed by atoms with Gasteiger partial charge < -0.3 is 5.73 Å². The lowest BCUT2D eigenvalue weighted by Gasteiger charge is -2.23. The van der Waals surface area contributed by atoms with E-state index in [9.17, 15) is 4.79 Å². The Morgan fingerprint density at radius 3 is 2.79 bits per heavy atom. The van der Waals surface area contributed by atoms with Crippen molar-refractivity contribution >= 4 is 27.2 Å². The van der Waals surface area contributed by atoms with E-state index < -0.39 is 0 Å². The minimum absolute atomic E-state index is 0.147. The Bertz CT molecular complexity index is 571. The van der Waals surface area contributed by atoms with Gasteiger partial charge in [-0.1, -0.05) is 26.0 Å². The van der Waals surface area contributed by atoms with Crippen LogP contribution in [0.5, 0.6) is 0 Å². The second kappa shape index (κ2) is 5.85. The Balaban J connectivity index is 2.10. The zero-order valence-electron chi connectivity index (χ0n) is 11.6. The third-order valence-corrected chi connectivity index (χ3v) is 4.59. The van der Waals surface area contributed by atoms with Crippen molar-refractivity contribution < 1.29 is 4.79 Å². The summed E-state index contributed by atoms with van der Waals surface area (Å²) >= 11 is 1.65. The topological polar surface area (TPSA) is 43.1 Å². The minimum Gasteiger partial charge on any atom is -0.330 e. The lowest BCUT2D eigenvalue weighted by Crippen LogP contribution is -2.18. The molecule has 1 aromatic heterocycles. The van der Waals surface area contributed by atoms with E-state index in [1.54, 1.807) is 11.3 Å². The Hall–Kier alpha value is -1.19. The summed E-state index contributed by atoms with van der Waals surface area (Å²) in [5, 5.41) is 3.21. The molecule has 2 nitrogen and oxygen atoms in total. The van der Waals surface area contributed by atoms with E-state index in [2.05, 4.69) is 26.0 Å². The number of hydrogen-bond donors (Lipinski definition) is 1. The number of benzene rings is 1. The molecule has 3 heteroatoms. The van der Waals surface area contributed by atoms with Gasteiger partial charge in [0.25, 0.3) is 0 Å². The summed E-state index contributed by atoms with van der Waals surface area (Å²) < 4.78 is 1.11. The van der Waals surface area contributed by atoms with Gasteiger partial charge in [0.1, 0.15) is 0 Å². The number of thiophene rings is 1. The quantitative estimate of drug-likeness (QED) is 0.801. The largest absolute Gasteiger partial charge is 0.330 e. The normalized spacial score (nSPS) is 11.9. The van der Waals surface area contributed by atoms with Crippen LogP contribution in [0.4, 0.5) is 0 Å². The van der Waals surface area contributed by atoms with Gasteiger partial charge in [0.15, 0.2) is 5.78 Å². The first-order valence-electron chi connectivity index (χ1n) is 6.73. The summed E-state index contributed by atoms with van der Waals surface area (Å²) in [6, 6.07) is 8.03. The Morgan fingerprint density at radius 2 is 2.05 bits per heavy atom. The highest BCUT2D eigenvalue weighted by Crippen LogP contribution is 2.29. The van der Waals surface area contributed by atoms with Crippen LogP contribution in [0.25, 0.3) is 10.1 Å². The summed E-state index contributed by atoms with van der Waals surface area (Å²) in [7, 11) is 0. The number of hydrogen-bond acceptors (Lipinski definition) is 3. The molecule has 0 saturated carbocycles. The molecule has 0 fully saturated rings. The van der Waals surface area contributed by atoms with Crippen LogP contribution in [0.2, 0.25) is 0 Å². The zero-order chi connectivity index (χ0) is 13.9. The highest BCUT2D eigenvalue weighted by Gasteiger charge is 2.19. The fraction of sp³-hybridized carbons (Fsp3) is 0.438. The summed E-state index contributed by atoms with van der Waals surface area (Å²) in [6.07, 6.45) is 2.46. The molecule has 2 aromatic rings. The molecular weight excluding hydrogens is 254 g/mol. The fourth-order valence-corrected chi connectivity index (χ4v) is 3.25. The van der Waals surface area contributed by atoms with Crippen molar-refractivity contribution in [3.05, 3.63) is 35.2 Å². The summed E-state index contributed by atoms with van der Waals surface area (Å²) in [4.78, 5) is 12.4. The van der Waals surface area contributed by atoms with Crippen molar-refractivity contribution in [2.45, 2.75) is 33.1 Å². The molecule has 0 spiro atoms. The van der Waals surface area contributed by atoms with Crippen LogP contribution in [0.1, 0.15) is 43.5 Å². The van der Waals surface area contributed by atoms with Gasteiger partial charge in [0.05, 0.1) is 0 Å². The Kier molecular flexibility index (Phi) is 4.38. The van der Waals surface area contributed by atoms with Crippen molar-refractivity contribution in [1.29, 1.82) is 0 Å². The number of ketones is 1. The maximum absolute atomic E-state index is 12.4.